The number of allylic oxidation sites excluding steroid dienone is 6. The van der Waals surface area contributed by atoms with Gasteiger partial charge in [0.1, 0.15) is 5.83 Å². The average Bonchev–Trinajstić information content (AvgIpc) is 2.21. The summed E-state index contributed by atoms with van der Waals surface area (Å²) in [4.78, 5) is 0. The van der Waals surface area contributed by atoms with Crippen LogP contribution in [0.5, 0.6) is 0 Å². The quantitative estimate of drug-likeness (QED) is 0.471. The molecule has 0 saturated heterocycles. The molecule has 0 aromatic rings. The highest BCUT2D eigenvalue weighted by atomic mass is 19.4. The second kappa shape index (κ2) is 6.51. The van der Waals surface area contributed by atoms with Gasteiger partial charge in [0.05, 0.1) is 5.57 Å². The van der Waals surface area contributed by atoms with Crippen molar-refractivity contribution in [3.8, 4) is 0 Å². The van der Waals surface area contributed by atoms with E-state index in [4.69, 9.17) is 0 Å². The first-order valence-electron chi connectivity index (χ1n) is 5.16. The first-order chi connectivity index (χ1) is 7.36. The molecule has 0 aliphatic rings. The summed E-state index contributed by atoms with van der Waals surface area (Å²) >= 11 is 0. The van der Waals surface area contributed by atoms with Gasteiger partial charge in [-0.05, 0) is 31.4 Å². The molecule has 0 aromatic heterocycles. The van der Waals surface area contributed by atoms with E-state index in [1.54, 1.807) is 13.8 Å². The van der Waals surface area contributed by atoms with Gasteiger partial charge in [-0.1, -0.05) is 26.0 Å². The molecule has 0 saturated carbocycles. The fourth-order valence-electron chi connectivity index (χ4n) is 1.19. The molecule has 0 spiro atoms. The lowest BCUT2D eigenvalue weighted by Crippen LogP contribution is -2.10. The second-order valence-corrected chi connectivity index (χ2v) is 3.23. The van der Waals surface area contributed by atoms with Crippen LogP contribution in [-0.4, -0.2) is 6.18 Å². The fourth-order valence-corrected chi connectivity index (χ4v) is 1.19. The van der Waals surface area contributed by atoms with E-state index in [-0.39, 0.29) is 18.4 Å². The molecule has 0 N–H and O–H groups in total. The van der Waals surface area contributed by atoms with Gasteiger partial charge >= 0.3 is 6.18 Å². The van der Waals surface area contributed by atoms with Crippen molar-refractivity contribution in [2.75, 3.05) is 0 Å². The summed E-state index contributed by atoms with van der Waals surface area (Å²) in [5, 5.41) is 0. The molecule has 0 amide bonds. The third kappa shape index (κ3) is 4.64. The van der Waals surface area contributed by atoms with Gasteiger partial charge in [-0.2, -0.15) is 13.2 Å². The average molecular weight is 236 g/mol. The number of alkyl halides is 3. The molecule has 0 rings (SSSR count). The van der Waals surface area contributed by atoms with E-state index in [9.17, 15) is 17.6 Å². The largest absolute Gasteiger partial charge is 0.416 e. The smallest absolute Gasteiger partial charge is 0.207 e. The molecule has 0 aliphatic heterocycles. The van der Waals surface area contributed by atoms with E-state index >= 15 is 0 Å². The molecule has 0 nitrogen and oxygen atoms in total. The molecule has 4 heteroatoms. The van der Waals surface area contributed by atoms with Crippen molar-refractivity contribution in [1.82, 2.24) is 0 Å². The van der Waals surface area contributed by atoms with Gasteiger partial charge in [-0.25, -0.2) is 4.39 Å². The van der Waals surface area contributed by atoms with Crippen LogP contribution >= 0.6 is 0 Å². The van der Waals surface area contributed by atoms with Crippen molar-refractivity contribution in [2.45, 2.75) is 39.8 Å². The lowest BCUT2D eigenvalue weighted by Gasteiger charge is -2.09. The highest BCUT2D eigenvalue weighted by molar-refractivity contribution is 5.35. The van der Waals surface area contributed by atoms with Crippen molar-refractivity contribution in [2.24, 2.45) is 0 Å². The molecule has 0 unspecified atom stereocenters. The molecule has 0 aromatic carbocycles. The maximum Gasteiger partial charge on any atom is 0.416 e. The summed E-state index contributed by atoms with van der Waals surface area (Å²) in [5.74, 6) is -0.603. The van der Waals surface area contributed by atoms with Crippen LogP contribution in [0.2, 0.25) is 0 Å². The van der Waals surface area contributed by atoms with Gasteiger partial charge in [0.25, 0.3) is 0 Å². The lowest BCUT2D eigenvalue weighted by molar-refractivity contribution is -0.0884. The molecular weight excluding hydrogens is 220 g/mol. The van der Waals surface area contributed by atoms with E-state index in [2.05, 4.69) is 0 Å². The Morgan fingerprint density at radius 1 is 1.19 bits per heavy atom. The van der Waals surface area contributed by atoms with Crippen LogP contribution in [0.3, 0.4) is 0 Å². The van der Waals surface area contributed by atoms with Crippen LogP contribution in [-0.2, 0) is 0 Å². The Bertz CT molecular complexity index is 305. The van der Waals surface area contributed by atoms with Crippen LogP contribution in [0.4, 0.5) is 17.6 Å². The summed E-state index contributed by atoms with van der Waals surface area (Å²) < 4.78 is 50.7. The van der Waals surface area contributed by atoms with Crippen molar-refractivity contribution >= 4 is 0 Å². The van der Waals surface area contributed by atoms with Crippen LogP contribution in [0, 0.1) is 0 Å². The maximum absolute atomic E-state index is 13.2. The molecule has 16 heavy (non-hydrogen) atoms. The summed E-state index contributed by atoms with van der Waals surface area (Å²) in [6.45, 7) is 4.68. The van der Waals surface area contributed by atoms with E-state index in [1.807, 2.05) is 0 Å². The first-order valence-corrected chi connectivity index (χ1v) is 5.16. The molecule has 0 radical (unpaired) electrons. The van der Waals surface area contributed by atoms with E-state index in [1.165, 1.54) is 6.92 Å². The van der Waals surface area contributed by atoms with Gasteiger partial charge in [-0.15, -0.1) is 0 Å². The van der Waals surface area contributed by atoms with E-state index < -0.39 is 17.6 Å². The van der Waals surface area contributed by atoms with Gasteiger partial charge < -0.3 is 0 Å². The third-order valence-corrected chi connectivity index (χ3v) is 2.02. The summed E-state index contributed by atoms with van der Waals surface area (Å²) in [5.41, 5.74) is -0.719. The zero-order chi connectivity index (χ0) is 12.8. The van der Waals surface area contributed by atoms with Gasteiger partial charge in [-0.3, -0.25) is 0 Å². The van der Waals surface area contributed by atoms with Crippen LogP contribution in [0.1, 0.15) is 33.6 Å². The molecule has 92 valence electrons. The van der Waals surface area contributed by atoms with Crippen molar-refractivity contribution in [3.05, 3.63) is 35.2 Å². The van der Waals surface area contributed by atoms with Crippen LogP contribution in [0.15, 0.2) is 35.2 Å². The minimum atomic E-state index is -4.43. The van der Waals surface area contributed by atoms with E-state index in [0.29, 0.717) is 0 Å². The summed E-state index contributed by atoms with van der Waals surface area (Å²) in [6, 6.07) is 0. The molecule has 0 atom stereocenters. The van der Waals surface area contributed by atoms with Crippen LogP contribution in [0.25, 0.3) is 0 Å². The minimum absolute atomic E-state index is 0.0690. The Kier molecular flexibility index (Phi) is 6.08. The normalized spacial score (nSPS) is 15.6. The number of hydrogen-bond donors (Lipinski definition) is 0. The monoisotopic (exact) mass is 236 g/mol. The number of halogens is 4. The first kappa shape index (κ1) is 14.9. The Balaban J connectivity index is 5.27. The lowest BCUT2D eigenvalue weighted by atomic mass is 10.1. The van der Waals surface area contributed by atoms with Gasteiger partial charge in [0.2, 0.25) is 0 Å². The Morgan fingerprint density at radius 2 is 1.75 bits per heavy atom. The fraction of sp³-hybridized carbons (Fsp3) is 0.500. The molecule has 0 aliphatic carbocycles. The summed E-state index contributed by atoms with van der Waals surface area (Å²) in [6.07, 6.45) is -0.843. The SMILES string of the molecule is C\C=C(F)/C(=C\C(=C\CC)C(F)(F)F)CC. The summed E-state index contributed by atoms with van der Waals surface area (Å²) in [7, 11) is 0. The topological polar surface area (TPSA) is 0 Å². The van der Waals surface area contributed by atoms with Crippen LogP contribution < -0.4 is 0 Å². The third-order valence-electron chi connectivity index (χ3n) is 2.02. The van der Waals surface area contributed by atoms with Gasteiger partial charge in [0, 0.05) is 0 Å². The minimum Gasteiger partial charge on any atom is -0.207 e. The predicted octanol–water partition coefficient (Wildman–Crippen LogP) is 5.09. The maximum atomic E-state index is 13.2. The van der Waals surface area contributed by atoms with Crippen molar-refractivity contribution in [1.29, 1.82) is 0 Å². The molecule has 0 bridgehead atoms. The van der Waals surface area contributed by atoms with Gasteiger partial charge in [0.15, 0.2) is 0 Å². The zero-order valence-corrected chi connectivity index (χ0v) is 9.66. The Hall–Kier alpha value is -1.06. The number of rotatable bonds is 4. The van der Waals surface area contributed by atoms with Crippen molar-refractivity contribution < 1.29 is 17.6 Å². The molecular formula is C12H16F4. The molecule has 0 heterocycles. The predicted molar refractivity (Wildman–Crippen MR) is 57.7 cm³/mol. The Morgan fingerprint density at radius 3 is 2.06 bits per heavy atom. The Labute approximate surface area is 93.3 Å². The van der Waals surface area contributed by atoms with Crippen molar-refractivity contribution in [3.63, 3.8) is 0 Å². The molecule has 0 fully saturated rings. The highest BCUT2D eigenvalue weighted by Gasteiger charge is 2.31. The zero-order valence-electron chi connectivity index (χ0n) is 9.66. The number of hydrogen-bond acceptors (Lipinski definition) is 0. The van der Waals surface area contributed by atoms with E-state index in [0.717, 1.165) is 18.2 Å². The standard InChI is InChI=1S/C12H16F4/c1-4-7-10(12(14,15)16)8-9(5-2)11(13)6-3/h6-8H,4-5H2,1-3H3/b9-8-,10-7-,11-6+. The highest BCUT2D eigenvalue weighted by Crippen LogP contribution is 2.30. The second-order valence-electron chi connectivity index (χ2n) is 3.23.